The van der Waals surface area contributed by atoms with E-state index in [1.165, 1.54) is 18.2 Å². The Kier molecular flexibility index (Phi) is 3.40. The van der Waals surface area contributed by atoms with Crippen LogP contribution in [0.15, 0.2) is 42.5 Å². The van der Waals surface area contributed by atoms with Crippen LogP contribution < -0.4 is 0 Å². The number of hydrogen-bond donors (Lipinski definition) is 0. The van der Waals surface area contributed by atoms with Crippen molar-refractivity contribution in [2.45, 2.75) is 12.4 Å². The number of imidazole rings is 1. The Morgan fingerprint density at radius 3 is 2.65 bits per heavy atom. The van der Waals surface area contributed by atoms with Crippen LogP contribution in [0.25, 0.3) is 11.0 Å². The van der Waals surface area contributed by atoms with Gasteiger partial charge < -0.3 is 4.57 Å². The number of hydrogen-bond acceptors (Lipinski definition) is 1. The van der Waals surface area contributed by atoms with Crippen LogP contribution in [-0.2, 0) is 12.4 Å². The average molecular weight is 293 g/mol. The van der Waals surface area contributed by atoms with Crippen LogP contribution in [0, 0.1) is 11.6 Å². The molecule has 0 amide bonds. The minimum atomic E-state index is -0.383. The molecule has 0 spiro atoms. The fourth-order valence-corrected chi connectivity index (χ4v) is 2.46. The fraction of sp³-hybridized carbons (Fsp3) is 0.133. The summed E-state index contributed by atoms with van der Waals surface area (Å²) in [6.45, 7) is 0.403. The van der Waals surface area contributed by atoms with Gasteiger partial charge in [0, 0.05) is 6.54 Å². The van der Waals surface area contributed by atoms with Crippen LogP contribution in [0.2, 0.25) is 0 Å². The molecule has 0 bridgehead atoms. The standard InChI is InChI=1S/C15H11ClF2N2/c16-8-14-19-15-12(18)5-2-6-13(15)20(14)9-10-3-1-4-11(17)7-10/h1-7H,8-9H2. The van der Waals surface area contributed by atoms with Gasteiger partial charge in [0.1, 0.15) is 17.2 Å². The second kappa shape index (κ2) is 5.21. The Balaban J connectivity index is 2.12. The zero-order valence-electron chi connectivity index (χ0n) is 10.5. The highest BCUT2D eigenvalue weighted by molar-refractivity contribution is 6.16. The van der Waals surface area contributed by atoms with E-state index < -0.39 is 0 Å². The van der Waals surface area contributed by atoms with Crippen LogP contribution >= 0.6 is 11.6 Å². The zero-order chi connectivity index (χ0) is 14.1. The number of alkyl halides is 1. The summed E-state index contributed by atoms with van der Waals surface area (Å²) in [5, 5.41) is 0. The fourth-order valence-electron chi connectivity index (χ4n) is 2.26. The molecule has 102 valence electrons. The van der Waals surface area contributed by atoms with Crippen molar-refractivity contribution in [1.82, 2.24) is 9.55 Å². The SMILES string of the molecule is Fc1cccc(Cn2c(CCl)nc3c(F)cccc32)c1. The lowest BCUT2D eigenvalue weighted by Gasteiger charge is -2.08. The van der Waals surface area contributed by atoms with Crippen molar-refractivity contribution >= 4 is 22.6 Å². The number of halogens is 3. The molecule has 0 N–H and O–H groups in total. The van der Waals surface area contributed by atoms with E-state index in [0.717, 1.165) is 5.56 Å². The zero-order valence-corrected chi connectivity index (χ0v) is 11.2. The van der Waals surface area contributed by atoms with Gasteiger partial charge in [-0.1, -0.05) is 18.2 Å². The number of nitrogens with zero attached hydrogens (tertiary/aromatic N) is 2. The summed E-state index contributed by atoms with van der Waals surface area (Å²) in [4.78, 5) is 4.21. The summed E-state index contributed by atoms with van der Waals surface area (Å²) in [6.07, 6.45) is 0. The van der Waals surface area contributed by atoms with Crippen LogP contribution in [0.3, 0.4) is 0 Å². The predicted molar refractivity (Wildman–Crippen MR) is 74.8 cm³/mol. The largest absolute Gasteiger partial charge is 0.322 e. The average Bonchev–Trinajstić information content (AvgIpc) is 2.79. The molecule has 1 aromatic heterocycles. The van der Waals surface area contributed by atoms with Gasteiger partial charge in [-0.3, -0.25) is 0 Å². The summed E-state index contributed by atoms with van der Waals surface area (Å²) in [5.41, 5.74) is 1.73. The van der Waals surface area contributed by atoms with Crippen molar-refractivity contribution in [1.29, 1.82) is 0 Å². The van der Waals surface area contributed by atoms with Gasteiger partial charge in [-0.2, -0.15) is 0 Å². The van der Waals surface area contributed by atoms with Crippen LogP contribution in [-0.4, -0.2) is 9.55 Å². The molecule has 0 aliphatic rings. The maximum atomic E-state index is 13.7. The third kappa shape index (κ3) is 2.27. The topological polar surface area (TPSA) is 17.8 Å². The van der Waals surface area contributed by atoms with E-state index in [-0.39, 0.29) is 17.5 Å². The maximum absolute atomic E-state index is 13.7. The van der Waals surface area contributed by atoms with Crippen molar-refractivity contribution in [3.63, 3.8) is 0 Å². The van der Waals surface area contributed by atoms with Crippen molar-refractivity contribution < 1.29 is 8.78 Å². The molecule has 0 saturated heterocycles. The number of fused-ring (bicyclic) bond motifs is 1. The molecule has 5 heteroatoms. The summed E-state index contributed by atoms with van der Waals surface area (Å²) in [6, 6.07) is 11.1. The third-order valence-electron chi connectivity index (χ3n) is 3.16. The van der Waals surface area contributed by atoms with Gasteiger partial charge in [-0.15, -0.1) is 11.6 Å². The number of benzene rings is 2. The van der Waals surface area contributed by atoms with E-state index in [9.17, 15) is 8.78 Å². The minimum Gasteiger partial charge on any atom is -0.322 e. The Morgan fingerprint density at radius 2 is 1.90 bits per heavy atom. The molecule has 0 radical (unpaired) electrons. The Labute approximate surface area is 119 Å². The molecule has 20 heavy (non-hydrogen) atoms. The Hall–Kier alpha value is -1.94. The molecule has 0 fully saturated rings. The molecular weight excluding hydrogens is 282 g/mol. The quantitative estimate of drug-likeness (QED) is 0.665. The van der Waals surface area contributed by atoms with E-state index in [0.29, 0.717) is 23.4 Å². The highest BCUT2D eigenvalue weighted by Gasteiger charge is 2.13. The monoisotopic (exact) mass is 292 g/mol. The van der Waals surface area contributed by atoms with Crippen molar-refractivity contribution in [2.75, 3.05) is 0 Å². The lowest BCUT2D eigenvalue weighted by Crippen LogP contribution is -2.04. The number of rotatable bonds is 3. The first-order valence-electron chi connectivity index (χ1n) is 6.13. The smallest absolute Gasteiger partial charge is 0.151 e. The van der Waals surface area contributed by atoms with E-state index in [2.05, 4.69) is 4.98 Å². The molecule has 0 saturated carbocycles. The molecule has 1 heterocycles. The number of para-hydroxylation sites is 1. The lowest BCUT2D eigenvalue weighted by atomic mass is 10.2. The van der Waals surface area contributed by atoms with Crippen molar-refractivity contribution in [3.8, 4) is 0 Å². The molecule has 0 atom stereocenters. The van der Waals surface area contributed by atoms with Gasteiger partial charge >= 0.3 is 0 Å². The second-order valence-electron chi connectivity index (χ2n) is 4.49. The Morgan fingerprint density at radius 1 is 1.10 bits per heavy atom. The van der Waals surface area contributed by atoms with E-state index >= 15 is 0 Å². The molecular formula is C15H11ClF2N2. The summed E-state index contributed by atoms with van der Waals surface area (Å²) in [7, 11) is 0. The second-order valence-corrected chi connectivity index (χ2v) is 4.75. The highest BCUT2D eigenvalue weighted by atomic mass is 35.5. The third-order valence-corrected chi connectivity index (χ3v) is 3.40. The van der Waals surface area contributed by atoms with Crippen LogP contribution in [0.4, 0.5) is 8.78 Å². The van der Waals surface area contributed by atoms with E-state index in [1.54, 1.807) is 22.8 Å². The van der Waals surface area contributed by atoms with Crippen LogP contribution in [0.1, 0.15) is 11.4 Å². The first-order valence-corrected chi connectivity index (χ1v) is 6.66. The summed E-state index contributed by atoms with van der Waals surface area (Å²) in [5.74, 6) is 0.0529. The van der Waals surface area contributed by atoms with Gasteiger partial charge in [0.05, 0.1) is 11.4 Å². The van der Waals surface area contributed by atoms with E-state index in [4.69, 9.17) is 11.6 Å². The Bertz CT molecular complexity index is 768. The molecule has 0 aliphatic heterocycles. The molecule has 2 aromatic carbocycles. The van der Waals surface area contributed by atoms with Crippen molar-refractivity contribution in [3.05, 3.63) is 65.5 Å². The van der Waals surface area contributed by atoms with Gasteiger partial charge in [0.2, 0.25) is 0 Å². The lowest BCUT2D eigenvalue weighted by molar-refractivity contribution is 0.623. The molecule has 3 aromatic rings. The van der Waals surface area contributed by atoms with Crippen LogP contribution in [0.5, 0.6) is 0 Å². The predicted octanol–water partition coefficient (Wildman–Crippen LogP) is 4.10. The summed E-state index contributed by atoms with van der Waals surface area (Å²) < 4.78 is 28.8. The van der Waals surface area contributed by atoms with Gasteiger partial charge in [0.25, 0.3) is 0 Å². The molecule has 0 unspecified atom stereocenters. The van der Waals surface area contributed by atoms with Gasteiger partial charge in [-0.25, -0.2) is 13.8 Å². The molecule has 0 aliphatic carbocycles. The normalized spacial score (nSPS) is 11.2. The minimum absolute atomic E-state index is 0.170. The first-order chi connectivity index (χ1) is 9.69. The molecule has 3 rings (SSSR count). The van der Waals surface area contributed by atoms with E-state index in [1.807, 2.05) is 6.07 Å². The van der Waals surface area contributed by atoms with Gasteiger partial charge in [0.15, 0.2) is 5.82 Å². The highest BCUT2D eigenvalue weighted by Crippen LogP contribution is 2.21. The first kappa shape index (κ1) is 13.1. The van der Waals surface area contributed by atoms with Crippen molar-refractivity contribution in [2.24, 2.45) is 0 Å². The molecule has 2 nitrogen and oxygen atoms in total. The maximum Gasteiger partial charge on any atom is 0.151 e. The summed E-state index contributed by atoms with van der Waals surface area (Å²) >= 11 is 5.87. The van der Waals surface area contributed by atoms with Gasteiger partial charge in [-0.05, 0) is 29.8 Å². The number of aromatic nitrogens is 2.